The highest BCUT2D eigenvalue weighted by Crippen LogP contribution is 2.43. The van der Waals surface area contributed by atoms with Crippen molar-refractivity contribution in [3.63, 3.8) is 0 Å². The molecule has 0 aliphatic carbocycles. The highest BCUT2D eigenvalue weighted by atomic mass is 16.3. The van der Waals surface area contributed by atoms with Gasteiger partial charge in [-0.25, -0.2) is 0 Å². The number of nitrogens with zero attached hydrogens (tertiary/aromatic N) is 2. The van der Waals surface area contributed by atoms with Gasteiger partial charge in [-0.15, -0.1) is 6.42 Å². The molecular formula is C14H10N2O2. The number of nitriles is 1. The summed E-state index contributed by atoms with van der Waals surface area (Å²) < 4.78 is 0. The lowest BCUT2D eigenvalue weighted by atomic mass is 9.89. The Morgan fingerprint density at radius 1 is 1.56 bits per heavy atom. The second-order valence-corrected chi connectivity index (χ2v) is 3.91. The van der Waals surface area contributed by atoms with E-state index in [4.69, 9.17) is 11.7 Å². The molecule has 1 aromatic rings. The van der Waals surface area contributed by atoms with Gasteiger partial charge in [-0.2, -0.15) is 5.26 Å². The van der Waals surface area contributed by atoms with E-state index in [1.807, 2.05) is 0 Å². The van der Waals surface area contributed by atoms with E-state index in [-0.39, 0.29) is 12.1 Å². The van der Waals surface area contributed by atoms with E-state index in [9.17, 15) is 9.90 Å². The van der Waals surface area contributed by atoms with Crippen molar-refractivity contribution in [2.75, 3.05) is 11.4 Å². The fraction of sp³-hybridized carbons (Fsp3) is 0.143. The third kappa shape index (κ3) is 1.34. The molecule has 0 spiro atoms. The van der Waals surface area contributed by atoms with Gasteiger partial charge in [-0.3, -0.25) is 9.69 Å². The first-order chi connectivity index (χ1) is 8.57. The number of rotatable bonds is 2. The summed E-state index contributed by atoms with van der Waals surface area (Å²) in [5.41, 5.74) is -1.35. The van der Waals surface area contributed by atoms with Crippen molar-refractivity contribution in [3.8, 4) is 18.4 Å². The number of carbonyl (C=O) groups is 1. The van der Waals surface area contributed by atoms with Gasteiger partial charge in [0.2, 0.25) is 5.60 Å². The van der Waals surface area contributed by atoms with E-state index in [1.54, 1.807) is 30.3 Å². The molecule has 1 atom stereocenters. The zero-order valence-electron chi connectivity index (χ0n) is 9.55. The van der Waals surface area contributed by atoms with Crippen LogP contribution in [0.2, 0.25) is 0 Å². The van der Waals surface area contributed by atoms with Crippen molar-refractivity contribution in [2.24, 2.45) is 0 Å². The Labute approximate surface area is 105 Å². The number of aliphatic hydroxyl groups is 1. The summed E-state index contributed by atoms with van der Waals surface area (Å²) in [6.07, 6.45) is 5.21. The average Bonchev–Trinajstić information content (AvgIpc) is 2.62. The van der Waals surface area contributed by atoms with E-state index in [0.717, 1.165) is 0 Å². The van der Waals surface area contributed by atoms with Crippen LogP contribution in [0.15, 0.2) is 36.4 Å². The van der Waals surface area contributed by atoms with Gasteiger partial charge in [0.05, 0.1) is 23.9 Å². The molecule has 1 heterocycles. The summed E-state index contributed by atoms with van der Waals surface area (Å²) in [6, 6.07) is 8.42. The van der Waals surface area contributed by atoms with E-state index in [1.165, 1.54) is 4.90 Å². The zero-order valence-corrected chi connectivity index (χ0v) is 9.55. The monoisotopic (exact) mass is 238 g/mol. The Bertz CT molecular complexity index is 621. The third-order valence-electron chi connectivity index (χ3n) is 2.96. The van der Waals surface area contributed by atoms with Crippen LogP contribution >= 0.6 is 0 Å². The van der Waals surface area contributed by atoms with Gasteiger partial charge >= 0.3 is 0 Å². The smallest absolute Gasteiger partial charge is 0.270 e. The van der Waals surface area contributed by atoms with Crippen LogP contribution in [0.3, 0.4) is 0 Å². The minimum absolute atomic E-state index is 0.0386. The quantitative estimate of drug-likeness (QED) is 0.616. The van der Waals surface area contributed by atoms with Crippen LogP contribution < -0.4 is 4.90 Å². The summed E-state index contributed by atoms with van der Waals surface area (Å²) in [6.45, 7) is 3.50. The number of para-hydroxylation sites is 1. The zero-order chi connectivity index (χ0) is 13.3. The van der Waals surface area contributed by atoms with Crippen molar-refractivity contribution < 1.29 is 9.90 Å². The maximum atomic E-state index is 12.2. The number of hydrogen-bond acceptors (Lipinski definition) is 3. The number of hydrogen-bond donors (Lipinski definition) is 1. The molecule has 0 bridgehead atoms. The molecule has 88 valence electrons. The Hall–Kier alpha value is -2.56. The van der Waals surface area contributed by atoms with Gasteiger partial charge in [-0.05, 0) is 6.07 Å². The first-order valence-corrected chi connectivity index (χ1v) is 5.24. The van der Waals surface area contributed by atoms with Gasteiger partial charge in [0.1, 0.15) is 0 Å². The lowest BCUT2D eigenvalue weighted by Gasteiger charge is -2.20. The van der Waals surface area contributed by atoms with Crippen molar-refractivity contribution in [1.29, 1.82) is 5.26 Å². The number of fused-ring (bicyclic) bond motifs is 1. The van der Waals surface area contributed by atoms with Gasteiger partial charge in [0, 0.05) is 5.56 Å². The Balaban J connectivity index is 2.67. The van der Waals surface area contributed by atoms with Crippen molar-refractivity contribution in [1.82, 2.24) is 0 Å². The van der Waals surface area contributed by atoms with Crippen LogP contribution in [0, 0.1) is 23.7 Å². The van der Waals surface area contributed by atoms with Crippen LogP contribution in [0.1, 0.15) is 5.56 Å². The van der Waals surface area contributed by atoms with Gasteiger partial charge in [0.15, 0.2) is 0 Å². The van der Waals surface area contributed by atoms with Crippen molar-refractivity contribution >= 4 is 11.6 Å². The molecule has 1 unspecified atom stereocenters. The molecule has 2 rings (SSSR count). The maximum absolute atomic E-state index is 12.2. The minimum Gasteiger partial charge on any atom is -0.371 e. The number of terminal acetylenes is 1. The molecule has 1 amide bonds. The van der Waals surface area contributed by atoms with Crippen molar-refractivity contribution in [3.05, 3.63) is 42.0 Å². The molecule has 18 heavy (non-hydrogen) atoms. The summed E-state index contributed by atoms with van der Waals surface area (Å²) in [4.78, 5) is 13.5. The third-order valence-corrected chi connectivity index (χ3v) is 2.96. The predicted molar refractivity (Wildman–Crippen MR) is 66.3 cm³/mol. The Kier molecular flexibility index (Phi) is 2.67. The molecule has 0 fully saturated rings. The molecule has 4 heteroatoms. The maximum Gasteiger partial charge on any atom is 0.270 e. The fourth-order valence-corrected chi connectivity index (χ4v) is 2.06. The lowest BCUT2D eigenvalue weighted by Crippen LogP contribution is -2.41. The SMILES string of the molecule is C#CCN1C(=O)C(O)(C(=C)C#N)c2ccccc21. The molecule has 1 aliphatic rings. The summed E-state index contributed by atoms with van der Waals surface area (Å²) >= 11 is 0. The predicted octanol–water partition coefficient (Wildman–Crippen LogP) is 0.934. The molecule has 1 aliphatic heterocycles. The van der Waals surface area contributed by atoms with Crippen molar-refractivity contribution in [2.45, 2.75) is 5.60 Å². The molecule has 1 aromatic carbocycles. The molecular weight excluding hydrogens is 228 g/mol. The summed E-state index contributed by atoms with van der Waals surface area (Å²) in [7, 11) is 0. The van der Waals surface area contributed by atoms with Crippen LogP contribution in [0.5, 0.6) is 0 Å². The highest BCUT2D eigenvalue weighted by molar-refractivity contribution is 6.09. The molecule has 0 aromatic heterocycles. The van der Waals surface area contributed by atoms with Gasteiger partial charge < -0.3 is 5.11 Å². The Morgan fingerprint density at radius 3 is 2.83 bits per heavy atom. The highest BCUT2D eigenvalue weighted by Gasteiger charge is 2.51. The van der Waals surface area contributed by atoms with Gasteiger partial charge in [0.25, 0.3) is 5.91 Å². The van der Waals surface area contributed by atoms with E-state index >= 15 is 0 Å². The average molecular weight is 238 g/mol. The lowest BCUT2D eigenvalue weighted by molar-refractivity contribution is -0.132. The molecule has 0 radical (unpaired) electrons. The van der Waals surface area contributed by atoms with E-state index < -0.39 is 11.5 Å². The largest absolute Gasteiger partial charge is 0.371 e. The number of carbonyl (C=O) groups excluding carboxylic acids is 1. The second-order valence-electron chi connectivity index (χ2n) is 3.91. The fourth-order valence-electron chi connectivity index (χ4n) is 2.06. The topological polar surface area (TPSA) is 64.3 Å². The molecule has 0 saturated carbocycles. The molecule has 4 nitrogen and oxygen atoms in total. The van der Waals surface area contributed by atoms with E-state index in [2.05, 4.69) is 12.5 Å². The van der Waals surface area contributed by atoms with Crippen LogP contribution in [-0.4, -0.2) is 17.6 Å². The van der Waals surface area contributed by atoms with E-state index in [0.29, 0.717) is 11.3 Å². The standard InChI is InChI=1S/C14H10N2O2/c1-3-8-16-12-7-5-4-6-11(12)14(18,13(16)17)10(2)9-15/h1,4-7,18H,2,8H2. The molecule has 1 N–H and O–H groups in total. The summed E-state index contributed by atoms with van der Waals surface area (Å²) in [5, 5.41) is 19.4. The van der Waals surface area contributed by atoms with Crippen LogP contribution in [-0.2, 0) is 10.4 Å². The van der Waals surface area contributed by atoms with Crippen LogP contribution in [0.4, 0.5) is 5.69 Å². The number of benzene rings is 1. The molecule has 0 saturated heterocycles. The normalized spacial score (nSPS) is 21.1. The second kappa shape index (κ2) is 4.03. The number of amides is 1. The first-order valence-electron chi connectivity index (χ1n) is 5.24. The first kappa shape index (κ1) is 11.9. The Morgan fingerprint density at radius 2 is 2.22 bits per heavy atom. The van der Waals surface area contributed by atoms with Gasteiger partial charge in [-0.1, -0.05) is 30.7 Å². The van der Waals surface area contributed by atoms with Crippen LogP contribution in [0.25, 0.3) is 0 Å². The minimum atomic E-state index is -2.00. The number of anilines is 1. The summed E-state index contributed by atoms with van der Waals surface area (Å²) in [5.74, 6) is 1.73.